The van der Waals surface area contributed by atoms with Crippen LogP contribution in [0.1, 0.15) is 19.3 Å². The zero-order valence-electron chi connectivity index (χ0n) is 25.3. The van der Waals surface area contributed by atoms with Crippen molar-refractivity contribution in [3.63, 3.8) is 0 Å². The third kappa shape index (κ3) is 7.35. The first-order valence-electron chi connectivity index (χ1n) is 14.6. The van der Waals surface area contributed by atoms with Gasteiger partial charge in [0, 0.05) is 31.0 Å². The van der Waals surface area contributed by atoms with Gasteiger partial charge in [-0.25, -0.2) is 4.98 Å². The van der Waals surface area contributed by atoms with Gasteiger partial charge < -0.3 is 34.9 Å². The van der Waals surface area contributed by atoms with Gasteiger partial charge >= 0.3 is 0 Å². The van der Waals surface area contributed by atoms with E-state index in [1.165, 1.54) is 12.3 Å². The van der Waals surface area contributed by atoms with E-state index in [-0.39, 0.29) is 18.0 Å². The average Bonchev–Trinajstić information content (AvgIpc) is 3.03. The third-order valence-corrected chi connectivity index (χ3v) is 9.56. The van der Waals surface area contributed by atoms with E-state index in [0.29, 0.717) is 52.2 Å². The van der Waals surface area contributed by atoms with Crippen LogP contribution in [-0.2, 0) is 14.1 Å². The Balaban J connectivity index is 1.49. The first-order valence-corrected chi connectivity index (χ1v) is 17.6. The molecule has 3 heterocycles. The minimum Gasteiger partial charge on any atom is -0.494 e. The molecule has 234 valence electrons. The van der Waals surface area contributed by atoms with Crippen molar-refractivity contribution in [1.82, 2.24) is 14.9 Å². The third-order valence-electron chi connectivity index (χ3n) is 7.74. The Bertz CT molecular complexity index is 1560. The number of halogens is 1. The average molecular weight is 640 g/mol. The zero-order valence-corrected chi connectivity index (χ0v) is 27.0. The van der Waals surface area contributed by atoms with Crippen LogP contribution in [0.2, 0.25) is 5.02 Å². The molecule has 13 heteroatoms. The fourth-order valence-corrected chi connectivity index (χ4v) is 6.91. The molecule has 0 aliphatic carbocycles. The van der Waals surface area contributed by atoms with E-state index < -0.39 is 7.14 Å². The standard InChI is InChI=1S/C31H39ClN7O4P/c1-5-28(40)34-23-18-24(26(42-2)19-25(23)39-13-9-8-12-29(39)38-14-16-43-17-15-38)36-31-33-20-21(32)30(37-31)35-22-10-6-7-11-27(22)44(3,4)41/h5-7,10-11,18-20,29H,1,8-9,12-17H2,2-4H3,(H,34,40)(H2,33,35,36,37). The number of aromatic nitrogens is 2. The summed E-state index contributed by atoms with van der Waals surface area (Å²) in [6.07, 6.45) is 6.10. The van der Waals surface area contributed by atoms with Crippen LogP contribution >= 0.6 is 18.7 Å². The molecule has 44 heavy (non-hydrogen) atoms. The summed E-state index contributed by atoms with van der Waals surface area (Å²) in [7, 11) is -0.972. The molecule has 0 bridgehead atoms. The summed E-state index contributed by atoms with van der Waals surface area (Å²) in [5, 5.41) is 10.4. The van der Waals surface area contributed by atoms with Gasteiger partial charge in [-0.2, -0.15) is 4.98 Å². The molecule has 1 atom stereocenters. The second-order valence-corrected chi connectivity index (χ2v) is 14.7. The number of amides is 1. The Morgan fingerprint density at radius 1 is 1.11 bits per heavy atom. The molecular formula is C31H39ClN7O4P. The van der Waals surface area contributed by atoms with Crippen LogP contribution in [0.25, 0.3) is 0 Å². The fraction of sp³-hybridized carbons (Fsp3) is 0.387. The predicted molar refractivity (Wildman–Crippen MR) is 178 cm³/mol. The Morgan fingerprint density at radius 3 is 2.61 bits per heavy atom. The largest absolute Gasteiger partial charge is 0.494 e. The van der Waals surface area contributed by atoms with E-state index >= 15 is 0 Å². The lowest BCUT2D eigenvalue weighted by Crippen LogP contribution is -2.54. The molecule has 1 unspecified atom stereocenters. The van der Waals surface area contributed by atoms with Gasteiger partial charge in [0.15, 0.2) is 5.82 Å². The minimum atomic E-state index is -2.57. The number of nitrogens with one attached hydrogen (secondary N) is 3. The summed E-state index contributed by atoms with van der Waals surface area (Å²) in [4.78, 5) is 26.4. The van der Waals surface area contributed by atoms with Gasteiger partial charge in [-0.05, 0) is 56.9 Å². The number of hydrogen-bond donors (Lipinski definition) is 3. The lowest BCUT2D eigenvalue weighted by atomic mass is 10.0. The van der Waals surface area contributed by atoms with Crippen LogP contribution in [-0.4, -0.2) is 80.2 Å². The first-order chi connectivity index (χ1) is 21.2. The van der Waals surface area contributed by atoms with Crippen molar-refractivity contribution < 1.29 is 18.8 Å². The number of morpholine rings is 1. The highest BCUT2D eigenvalue weighted by Gasteiger charge is 2.31. The van der Waals surface area contributed by atoms with Crippen molar-refractivity contribution >= 4 is 64.5 Å². The van der Waals surface area contributed by atoms with Crippen LogP contribution in [0.3, 0.4) is 0 Å². The van der Waals surface area contributed by atoms with Crippen LogP contribution in [0.5, 0.6) is 5.75 Å². The molecule has 2 fully saturated rings. The van der Waals surface area contributed by atoms with E-state index in [2.05, 4.69) is 42.3 Å². The molecule has 5 rings (SSSR count). The van der Waals surface area contributed by atoms with Crippen LogP contribution in [0, 0.1) is 0 Å². The van der Waals surface area contributed by atoms with E-state index in [0.717, 1.165) is 44.6 Å². The van der Waals surface area contributed by atoms with E-state index in [4.69, 9.17) is 21.1 Å². The molecule has 0 radical (unpaired) electrons. The topological polar surface area (TPSA) is 121 Å². The van der Waals surface area contributed by atoms with Gasteiger partial charge in [0.05, 0.1) is 55.4 Å². The smallest absolute Gasteiger partial charge is 0.247 e. The maximum atomic E-state index is 12.9. The van der Waals surface area contributed by atoms with Crippen molar-refractivity contribution in [3.8, 4) is 5.75 Å². The number of piperidine rings is 1. The van der Waals surface area contributed by atoms with Gasteiger partial charge in [0.25, 0.3) is 0 Å². The predicted octanol–water partition coefficient (Wildman–Crippen LogP) is 5.65. The summed E-state index contributed by atoms with van der Waals surface area (Å²) >= 11 is 6.47. The molecule has 2 saturated heterocycles. The van der Waals surface area contributed by atoms with Crippen molar-refractivity contribution in [2.45, 2.75) is 25.4 Å². The maximum absolute atomic E-state index is 12.9. The van der Waals surface area contributed by atoms with Crippen LogP contribution in [0.15, 0.2) is 55.3 Å². The normalized spacial score (nSPS) is 17.5. The van der Waals surface area contributed by atoms with E-state index in [1.54, 1.807) is 20.4 Å². The van der Waals surface area contributed by atoms with Gasteiger partial charge in [-0.15, -0.1) is 0 Å². The number of methoxy groups -OCH3 is 1. The van der Waals surface area contributed by atoms with Crippen molar-refractivity contribution in [3.05, 3.63) is 60.3 Å². The summed E-state index contributed by atoms with van der Waals surface area (Å²) in [6, 6.07) is 11.1. The Kier molecular flexibility index (Phi) is 10.1. The summed E-state index contributed by atoms with van der Waals surface area (Å²) in [5.41, 5.74) is 2.68. The molecule has 0 spiro atoms. The number of benzene rings is 2. The number of nitrogens with zero attached hydrogens (tertiary/aromatic N) is 4. The molecule has 2 aliphatic heterocycles. The molecule has 11 nitrogen and oxygen atoms in total. The second kappa shape index (κ2) is 14.0. The number of carbonyl (C=O) groups is 1. The van der Waals surface area contributed by atoms with Crippen molar-refractivity contribution in [1.29, 1.82) is 0 Å². The van der Waals surface area contributed by atoms with Crippen LogP contribution < -0.4 is 30.9 Å². The number of hydrogen-bond acceptors (Lipinski definition) is 10. The number of rotatable bonds is 10. The lowest BCUT2D eigenvalue weighted by molar-refractivity contribution is -0.111. The zero-order chi connectivity index (χ0) is 31.3. The van der Waals surface area contributed by atoms with Gasteiger partial charge in [-0.1, -0.05) is 30.3 Å². The summed E-state index contributed by atoms with van der Waals surface area (Å²) in [5.74, 6) is 0.836. The van der Waals surface area contributed by atoms with Gasteiger partial charge in [0.1, 0.15) is 17.9 Å². The van der Waals surface area contributed by atoms with Gasteiger partial charge in [0.2, 0.25) is 11.9 Å². The SMILES string of the molecule is C=CC(=O)Nc1cc(Nc2ncc(Cl)c(Nc3ccccc3P(C)(C)=O)n2)c(OC)cc1N1CCCCC1N1CCOCC1. The summed E-state index contributed by atoms with van der Waals surface area (Å²) < 4.78 is 24.3. The number of carbonyl (C=O) groups excluding carboxylic acids is 1. The highest BCUT2D eigenvalue weighted by atomic mass is 35.5. The number of anilines is 6. The first kappa shape index (κ1) is 31.8. The highest BCUT2D eigenvalue weighted by molar-refractivity contribution is 7.70. The molecule has 1 amide bonds. The van der Waals surface area contributed by atoms with Crippen LogP contribution in [0.4, 0.5) is 34.5 Å². The molecule has 1 aromatic heterocycles. The molecule has 3 N–H and O–H groups in total. The fourth-order valence-electron chi connectivity index (χ4n) is 5.62. The number of ether oxygens (including phenoxy) is 2. The Morgan fingerprint density at radius 2 is 1.89 bits per heavy atom. The molecule has 3 aromatic rings. The van der Waals surface area contributed by atoms with E-state index in [9.17, 15) is 9.36 Å². The van der Waals surface area contributed by atoms with Crippen molar-refractivity contribution in [2.75, 3.05) is 74.1 Å². The maximum Gasteiger partial charge on any atom is 0.247 e. The quantitative estimate of drug-likeness (QED) is 0.190. The number of para-hydroxylation sites is 1. The van der Waals surface area contributed by atoms with E-state index in [1.807, 2.05) is 36.4 Å². The Labute approximate surface area is 263 Å². The molecule has 0 saturated carbocycles. The second-order valence-electron chi connectivity index (χ2n) is 11.1. The minimum absolute atomic E-state index is 0.174. The lowest BCUT2D eigenvalue weighted by Gasteiger charge is -2.45. The molecular weight excluding hydrogens is 601 g/mol. The Hall–Kier alpha value is -3.63. The highest BCUT2D eigenvalue weighted by Crippen LogP contribution is 2.42. The van der Waals surface area contributed by atoms with Crippen molar-refractivity contribution in [2.24, 2.45) is 0 Å². The monoisotopic (exact) mass is 639 g/mol. The summed E-state index contributed by atoms with van der Waals surface area (Å²) in [6.45, 7) is 11.0. The molecule has 2 aromatic carbocycles. The molecule has 2 aliphatic rings. The van der Waals surface area contributed by atoms with Gasteiger partial charge in [-0.3, -0.25) is 9.69 Å².